The summed E-state index contributed by atoms with van der Waals surface area (Å²) < 4.78 is 5.71. The van der Waals surface area contributed by atoms with Crippen molar-refractivity contribution < 1.29 is 4.74 Å². The molecule has 0 aromatic heterocycles. The minimum Gasteiger partial charge on any atom is -0.377 e. The van der Waals surface area contributed by atoms with Gasteiger partial charge in [-0.2, -0.15) is 0 Å². The molecule has 2 atom stereocenters. The normalized spacial score (nSPS) is 32.7. The Kier molecular flexibility index (Phi) is 5.52. The van der Waals surface area contributed by atoms with Gasteiger partial charge >= 0.3 is 0 Å². The van der Waals surface area contributed by atoms with Gasteiger partial charge in [0.2, 0.25) is 0 Å². The molecule has 0 radical (unpaired) electrons. The quantitative estimate of drug-likeness (QED) is 0.577. The zero-order chi connectivity index (χ0) is 13.0. The largest absolute Gasteiger partial charge is 0.377 e. The SMILES string of the molecule is CC1OCCC1N(C)CC1(CBr)CCCCCC1. The van der Waals surface area contributed by atoms with Crippen LogP contribution >= 0.6 is 15.9 Å². The van der Waals surface area contributed by atoms with Crippen LogP contribution in [0.2, 0.25) is 0 Å². The average molecular weight is 318 g/mol. The molecule has 0 bridgehead atoms. The maximum Gasteiger partial charge on any atom is 0.0702 e. The molecular formula is C15H28BrNO. The molecule has 18 heavy (non-hydrogen) atoms. The van der Waals surface area contributed by atoms with Gasteiger partial charge in [0.05, 0.1) is 6.10 Å². The van der Waals surface area contributed by atoms with Crippen molar-refractivity contribution in [1.82, 2.24) is 4.90 Å². The molecule has 0 N–H and O–H groups in total. The fraction of sp³-hybridized carbons (Fsp3) is 1.00. The lowest BCUT2D eigenvalue weighted by molar-refractivity contribution is 0.0642. The highest BCUT2D eigenvalue weighted by Crippen LogP contribution is 2.38. The number of rotatable bonds is 4. The Morgan fingerprint density at radius 2 is 1.89 bits per heavy atom. The van der Waals surface area contributed by atoms with Crippen molar-refractivity contribution in [1.29, 1.82) is 0 Å². The minimum atomic E-state index is 0.410. The van der Waals surface area contributed by atoms with Gasteiger partial charge in [0, 0.05) is 24.5 Å². The van der Waals surface area contributed by atoms with Crippen LogP contribution in [-0.2, 0) is 4.74 Å². The van der Waals surface area contributed by atoms with Crippen molar-refractivity contribution in [2.75, 3.05) is 25.5 Å². The van der Waals surface area contributed by atoms with Crippen molar-refractivity contribution >= 4 is 15.9 Å². The first-order chi connectivity index (χ1) is 8.67. The van der Waals surface area contributed by atoms with E-state index in [1.165, 1.54) is 51.5 Å². The third-order valence-electron chi connectivity index (χ3n) is 4.93. The van der Waals surface area contributed by atoms with Crippen LogP contribution < -0.4 is 0 Å². The molecule has 1 aliphatic heterocycles. The summed E-state index contributed by atoms with van der Waals surface area (Å²) >= 11 is 3.80. The van der Waals surface area contributed by atoms with E-state index in [1.807, 2.05) is 0 Å². The molecule has 0 spiro atoms. The molecule has 2 fully saturated rings. The highest BCUT2D eigenvalue weighted by atomic mass is 79.9. The molecule has 1 aliphatic carbocycles. The van der Waals surface area contributed by atoms with Crippen molar-refractivity contribution in [2.45, 2.75) is 64.0 Å². The summed E-state index contributed by atoms with van der Waals surface area (Å²) in [5, 5.41) is 1.16. The molecule has 1 saturated carbocycles. The van der Waals surface area contributed by atoms with E-state index in [0.29, 0.717) is 17.6 Å². The second-order valence-electron chi connectivity index (χ2n) is 6.39. The number of ether oxygens (including phenoxy) is 1. The minimum absolute atomic E-state index is 0.410. The lowest BCUT2D eigenvalue weighted by atomic mass is 9.81. The standard InChI is InChI=1S/C15H28BrNO/c1-13-14(7-10-18-13)17(2)12-15(11-16)8-5-3-4-6-9-15/h13-14H,3-12H2,1-2H3. The van der Waals surface area contributed by atoms with E-state index in [-0.39, 0.29) is 0 Å². The van der Waals surface area contributed by atoms with E-state index < -0.39 is 0 Å². The number of hydrogen-bond acceptors (Lipinski definition) is 2. The van der Waals surface area contributed by atoms with Gasteiger partial charge in [0.1, 0.15) is 0 Å². The first-order valence-electron chi connectivity index (χ1n) is 7.55. The summed E-state index contributed by atoms with van der Waals surface area (Å²) in [5.74, 6) is 0. The summed E-state index contributed by atoms with van der Waals surface area (Å²) in [4.78, 5) is 2.57. The molecule has 2 nitrogen and oxygen atoms in total. The lowest BCUT2D eigenvalue weighted by Gasteiger charge is -2.38. The van der Waals surface area contributed by atoms with Gasteiger partial charge in [-0.05, 0) is 38.6 Å². The summed E-state index contributed by atoms with van der Waals surface area (Å²) in [7, 11) is 2.30. The van der Waals surface area contributed by atoms with E-state index in [1.54, 1.807) is 0 Å². The van der Waals surface area contributed by atoms with Crippen molar-refractivity contribution in [3.05, 3.63) is 0 Å². The second kappa shape index (κ2) is 6.71. The number of likely N-dealkylation sites (N-methyl/N-ethyl adjacent to an activating group) is 1. The van der Waals surface area contributed by atoms with Crippen LogP contribution in [0.15, 0.2) is 0 Å². The molecule has 0 aromatic rings. The highest BCUT2D eigenvalue weighted by molar-refractivity contribution is 9.09. The predicted octanol–water partition coefficient (Wildman–Crippen LogP) is 3.83. The summed E-state index contributed by atoms with van der Waals surface area (Å²) in [6.45, 7) is 4.40. The zero-order valence-corrected chi connectivity index (χ0v) is 13.5. The van der Waals surface area contributed by atoms with Gasteiger partial charge in [-0.15, -0.1) is 0 Å². The van der Waals surface area contributed by atoms with Crippen molar-refractivity contribution in [3.8, 4) is 0 Å². The smallest absolute Gasteiger partial charge is 0.0702 e. The van der Waals surface area contributed by atoms with Gasteiger partial charge in [-0.3, -0.25) is 0 Å². The van der Waals surface area contributed by atoms with Crippen molar-refractivity contribution in [3.63, 3.8) is 0 Å². The van der Waals surface area contributed by atoms with E-state index in [0.717, 1.165) is 11.9 Å². The molecule has 2 aliphatic rings. The Morgan fingerprint density at radius 1 is 1.22 bits per heavy atom. The van der Waals surface area contributed by atoms with Gasteiger partial charge in [-0.1, -0.05) is 41.6 Å². The first-order valence-corrected chi connectivity index (χ1v) is 8.67. The van der Waals surface area contributed by atoms with E-state index in [4.69, 9.17) is 4.74 Å². The molecule has 0 amide bonds. The third kappa shape index (κ3) is 3.49. The molecule has 2 unspecified atom stereocenters. The summed E-state index contributed by atoms with van der Waals surface area (Å²) in [5.41, 5.74) is 0.507. The van der Waals surface area contributed by atoms with Crippen LogP contribution in [0.5, 0.6) is 0 Å². The zero-order valence-electron chi connectivity index (χ0n) is 12.0. The topological polar surface area (TPSA) is 12.5 Å². The van der Waals surface area contributed by atoms with E-state index >= 15 is 0 Å². The van der Waals surface area contributed by atoms with E-state index in [2.05, 4.69) is 34.8 Å². The van der Waals surface area contributed by atoms with Crippen LogP contribution in [0.4, 0.5) is 0 Å². The third-order valence-corrected chi connectivity index (χ3v) is 6.12. The fourth-order valence-corrected chi connectivity index (χ4v) is 4.50. The van der Waals surface area contributed by atoms with Crippen LogP contribution in [0.25, 0.3) is 0 Å². The Hall–Kier alpha value is 0.400. The molecule has 2 rings (SSSR count). The summed E-state index contributed by atoms with van der Waals surface area (Å²) in [6, 6.07) is 0.629. The van der Waals surface area contributed by atoms with E-state index in [9.17, 15) is 0 Å². The maximum atomic E-state index is 5.71. The predicted molar refractivity (Wildman–Crippen MR) is 80.4 cm³/mol. The number of alkyl halides is 1. The van der Waals surface area contributed by atoms with Gasteiger partial charge in [-0.25, -0.2) is 0 Å². The Bertz CT molecular complexity index is 251. The molecule has 3 heteroatoms. The van der Waals surface area contributed by atoms with Crippen LogP contribution in [-0.4, -0.2) is 42.6 Å². The number of hydrogen-bond donors (Lipinski definition) is 0. The number of nitrogens with zero attached hydrogens (tertiary/aromatic N) is 1. The average Bonchev–Trinajstić information content (AvgIpc) is 2.66. The molecule has 0 aromatic carbocycles. The first kappa shape index (κ1) is 14.8. The fourth-order valence-electron chi connectivity index (χ4n) is 3.76. The van der Waals surface area contributed by atoms with Gasteiger partial charge in [0.25, 0.3) is 0 Å². The maximum absolute atomic E-state index is 5.71. The van der Waals surface area contributed by atoms with Crippen LogP contribution in [0.3, 0.4) is 0 Å². The van der Waals surface area contributed by atoms with Crippen molar-refractivity contribution in [2.24, 2.45) is 5.41 Å². The monoisotopic (exact) mass is 317 g/mol. The Labute approximate surface area is 121 Å². The van der Waals surface area contributed by atoms with Crippen LogP contribution in [0.1, 0.15) is 51.9 Å². The second-order valence-corrected chi connectivity index (χ2v) is 6.96. The Morgan fingerprint density at radius 3 is 2.39 bits per heavy atom. The highest BCUT2D eigenvalue weighted by Gasteiger charge is 2.35. The number of halogens is 1. The Balaban J connectivity index is 1.95. The summed E-state index contributed by atoms with van der Waals surface area (Å²) in [6.07, 6.45) is 10.1. The molecule has 106 valence electrons. The molecule has 1 saturated heterocycles. The molecule has 1 heterocycles. The van der Waals surface area contributed by atoms with Gasteiger partial charge in [0.15, 0.2) is 0 Å². The van der Waals surface area contributed by atoms with Gasteiger partial charge < -0.3 is 9.64 Å². The molecular weight excluding hydrogens is 290 g/mol. The van der Waals surface area contributed by atoms with Crippen LogP contribution in [0, 0.1) is 5.41 Å². The lowest BCUT2D eigenvalue weighted by Crippen LogP contribution is -2.44.